The Morgan fingerprint density at radius 2 is 2.19 bits per heavy atom. The molecule has 0 saturated carbocycles. The second kappa shape index (κ2) is 8.91. The summed E-state index contributed by atoms with van der Waals surface area (Å²) in [5.41, 5.74) is 0.0870. The topological polar surface area (TPSA) is 125 Å². The number of carboxylic acid groups (broad SMARTS) is 1. The van der Waals surface area contributed by atoms with Gasteiger partial charge in [0.05, 0.1) is 15.9 Å². The molecule has 10 heteroatoms. The maximum atomic E-state index is 12.1. The van der Waals surface area contributed by atoms with Gasteiger partial charge in [-0.25, -0.2) is 9.78 Å². The molecule has 0 aliphatic rings. The molecule has 0 amide bonds. The fourth-order valence-corrected chi connectivity index (χ4v) is 3.24. The molecule has 1 aromatic carbocycles. The first kappa shape index (κ1) is 20.1. The number of thioether (sulfide) groups is 1. The minimum Gasteiger partial charge on any atom is -0.490 e. The van der Waals surface area contributed by atoms with Gasteiger partial charge in [0, 0.05) is 5.56 Å². The van der Waals surface area contributed by atoms with E-state index in [2.05, 4.69) is 9.97 Å². The highest BCUT2D eigenvalue weighted by Crippen LogP contribution is 2.37. The van der Waals surface area contributed by atoms with E-state index in [9.17, 15) is 14.9 Å². The monoisotopic (exact) mass is 487 g/mol. The second-order valence-electron chi connectivity index (χ2n) is 4.81. The first-order valence-electron chi connectivity index (χ1n) is 7.30. The molecule has 2 N–H and O–H groups in total. The second-order valence-corrected chi connectivity index (χ2v) is 6.77. The van der Waals surface area contributed by atoms with E-state index in [0.717, 1.165) is 0 Å². The van der Waals surface area contributed by atoms with Crippen LogP contribution in [0.1, 0.15) is 12.5 Å². The van der Waals surface area contributed by atoms with Gasteiger partial charge in [0.15, 0.2) is 23.3 Å². The van der Waals surface area contributed by atoms with Gasteiger partial charge in [-0.3, -0.25) is 4.79 Å². The zero-order valence-electron chi connectivity index (χ0n) is 13.8. The molecule has 0 spiro atoms. The molecule has 0 atom stereocenters. The summed E-state index contributed by atoms with van der Waals surface area (Å²) in [6.07, 6.45) is 1.76. The van der Waals surface area contributed by atoms with Gasteiger partial charge in [0.2, 0.25) is 0 Å². The normalized spacial score (nSPS) is 10.2. The third-order valence-electron chi connectivity index (χ3n) is 3.13. The van der Waals surface area contributed by atoms with Crippen LogP contribution in [0.4, 0.5) is 0 Å². The number of nitriles is 1. The summed E-state index contributed by atoms with van der Waals surface area (Å²) >= 11 is 3.22. The van der Waals surface area contributed by atoms with E-state index in [1.807, 2.05) is 28.7 Å². The van der Waals surface area contributed by atoms with Gasteiger partial charge in [0.25, 0.3) is 5.56 Å². The molecule has 0 bridgehead atoms. The molecule has 0 saturated heterocycles. The Labute approximate surface area is 166 Å². The van der Waals surface area contributed by atoms with Crippen LogP contribution in [0.5, 0.6) is 11.5 Å². The quantitative estimate of drug-likeness (QED) is 0.347. The van der Waals surface area contributed by atoms with Crippen molar-refractivity contribution in [2.45, 2.75) is 12.1 Å². The number of rotatable bonds is 7. The Balaban J connectivity index is 2.65. The van der Waals surface area contributed by atoms with Gasteiger partial charge >= 0.3 is 5.97 Å². The number of carbonyl (C=O) groups is 1. The molecule has 0 unspecified atom stereocenters. The van der Waals surface area contributed by atoms with Gasteiger partial charge < -0.3 is 19.6 Å². The molecule has 2 aromatic rings. The Bertz CT molecular complexity index is 939. The number of hydrogen-bond acceptors (Lipinski definition) is 7. The van der Waals surface area contributed by atoms with E-state index in [4.69, 9.17) is 14.6 Å². The number of aromatic nitrogens is 2. The van der Waals surface area contributed by atoms with E-state index in [1.165, 1.54) is 11.8 Å². The van der Waals surface area contributed by atoms with Crippen LogP contribution in [0, 0.1) is 14.9 Å². The van der Waals surface area contributed by atoms with E-state index in [-0.39, 0.29) is 17.0 Å². The largest absolute Gasteiger partial charge is 0.490 e. The number of H-pyrrole nitrogens is 1. The lowest BCUT2D eigenvalue weighted by atomic mass is 10.1. The fraction of sp³-hybridized carbons (Fsp3) is 0.250. The zero-order valence-corrected chi connectivity index (χ0v) is 16.8. The highest BCUT2D eigenvalue weighted by atomic mass is 127. The van der Waals surface area contributed by atoms with Crippen LogP contribution >= 0.6 is 34.4 Å². The van der Waals surface area contributed by atoms with E-state index < -0.39 is 18.1 Å². The number of ether oxygens (including phenoxy) is 2. The molecule has 2 rings (SSSR count). The maximum Gasteiger partial charge on any atom is 0.341 e. The Kier molecular flexibility index (Phi) is 6.87. The average Bonchev–Trinajstić information content (AvgIpc) is 2.60. The minimum absolute atomic E-state index is 0.111. The number of nitrogens with one attached hydrogen (secondary N) is 1. The highest BCUT2D eigenvalue weighted by molar-refractivity contribution is 14.1. The van der Waals surface area contributed by atoms with Crippen molar-refractivity contribution in [1.29, 1.82) is 5.26 Å². The number of halogens is 1. The summed E-state index contributed by atoms with van der Waals surface area (Å²) in [7, 11) is 0. The average molecular weight is 487 g/mol. The number of benzene rings is 1. The van der Waals surface area contributed by atoms with Crippen LogP contribution in [0.2, 0.25) is 0 Å². The summed E-state index contributed by atoms with van der Waals surface area (Å²) in [4.78, 5) is 29.8. The number of aliphatic carboxylic acids is 1. The van der Waals surface area contributed by atoms with Crippen molar-refractivity contribution in [3.63, 3.8) is 0 Å². The van der Waals surface area contributed by atoms with Crippen molar-refractivity contribution in [2.75, 3.05) is 19.5 Å². The molecule has 0 radical (unpaired) electrons. The zero-order chi connectivity index (χ0) is 19.3. The third kappa shape index (κ3) is 4.47. The lowest BCUT2D eigenvalue weighted by Gasteiger charge is -2.15. The number of hydrogen-bond donors (Lipinski definition) is 2. The summed E-state index contributed by atoms with van der Waals surface area (Å²) in [5.74, 6) is -0.515. The van der Waals surface area contributed by atoms with Crippen molar-refractivity contribution >= 4 is 40.3 Å². The highest BCUT2D eigenvalue weighted by Gasteiger charge is 2.19. The lowest BCUT2D eigenvalue weighted by Crippen LogP contribution is -2.15. The smallest absolute Gasteiger partial charge is 0.341 e. The predicted molar refractivity (Wildman–Crippen MR) is 104 cm³/mol. The Morgan fingerprint density at radius 3 is 2.77 bits per heavy atom. The van der Waals surface area contributed by atoms with Gasteiger partial charge in [-0.2, -0.15) is 5.26 Å². The first-order valence-corrected chi connectivity index (χ1v) is 9.61. The van der Waals surface area contributed by atoms with Crippen molar-refractivity contribution in [3.8, 4) is 28.8 Å². The third-order valence-corrected chi connectivity index (χ3v) is 4.51. The summed E-state index contributed by atoms with van der Waals surface area (Å²) in [5, 5.41) is 18.5. The van der Waals surface area contributed by atoms with Crippen LogP contribution in [-0.2, 0) is 4.79 Å². The number of aromatic amines is 1. The SMILES string of the molecule is CCOc1cc(-c2nc(SC)[nH]c(=O)c2C#N)cc(I)c1OCC(=O)O. The van der Waals surface area contributed by atoms with Crippen LogP contribution < -0.4 is 15.0 Å². The Morgan fingerprint density at radius 1 is 1.46 bits per heavy atom. The molecule has 1 aromatic heterocycles. The van der Waals surface area contributed by atoms with Gasteiger partial charge in [0.1, 0.15) is 11.6 Å². The summed E-state index contributed by atoms with van der Waals surface area (Å²) < 4.78 is 11.4. The van der Waals surface area contributed by atoms with Gasteiger partial charge in [-0.1, -0.05) is 11.8 Å². The first-order chi connectivity index (χ1) is 12.4. The molecular weight excluding hydrogens is 473 g/mol. The summed E-state index contributed by atoms with van der Waals surface area (Å²) in [6.45, 7) is 1.59. The fourth-order valence-electron chi connectivity index (χ4n) is 2.10. The molecule has 0 aliphatic heterocycles. The molecule has 136 valence electrons. The van der Waals surface area contributed by atoms with Crippen LogP contribution in [0.25, 0.3) is 11.3 Å². The standard InChI is InChI=1S/C16H14IN3O5S/c1-3-24-11-5-8(4-10(17)14(11)25-7-12(21)22)13-9(6-18)15(23)20-16(19-13)26-2/h4-5H,3,7H2,1-2H3,(H,21,22)(H,19,20,23). The maximum absolute atomic E-state index is 12.1. The molecule has 26 heavy (non-hydrogen) atoms. The van der Waals surface area contributed by atoms with E-state index in [0.29, 0.717) is 26.6 Å². The number of nitrogens with zero attached hydrogens (tertiary/aromatic N) is 2. The van der Waals surface area contributed by atoms with E-state index in [1.54, 1.807) is 25.3 Å². The number of carboxylic acids is 1. The molecule has 0 aliphatic carbocycles. The predicted octanol–water partition coefficient (Wildman–Crippen LogP) is 2.50. The van der Waals surface area contributed by atoms with Crippen LogP contribution in [0.15, 0.2) is 22.1 Å². The van der Waals surface area contributed by atoms with E-state index >= 15 is 0 Å². The van der Waals surface area contributed by atoms with Gasteiger partial charge in [-0.15, -0.1) is 0 Å². The lowest BCUT2D eigenvalue weighted by molar-refractivity contribution is -0.139. The van der Waals surface area contributed by atoms with Crippen LogP contribution in [-0.4, -0.2) is 40.5 Å². The van der Waals surface area contributed by atoms with Crippen molar-refractivity contribution in [3.05, 3.63) is 31.6 Å². The van der Waals surface area contributed by atoms with Crippen molar-refractivity contribution in [2.24, 2.45) is 0 Å². The van der Waals surface area contributed by atoms with Crippen molar-refractivity contribution < 1.29 is 19.4 Å². The molecular formula is C16H14IN3O5S. The molecule has 0 fully saturated rings. The molecule has 1 heterocycles. The molecule has 8 nitrogen and oxygen atoms in total. The summed E-state index contributed by atoms with van der Waals surface area (Å²) in [6, 6.07) is 5.11. The minimum atomic E-state index is -1.11. The van der Waals surface area contributed by atoms with Crippen molar-refractivity contribution in [1.82, 2.24) is 9.97 Å². The van der Waals surface area contributed by atoms with Gasteiger partial charge in [-0.05, 0) is 47.9 Å². The Hall–Kier alpha value is -2.26. The van der Waals surface area contributed by atoms with Crippen LogP contribution in [0.3, 0.4) is 0 Å².